The number of ether oxygens (including phenoxy) is 1. The molecule has 1 rings (SSSR count). The molecule has 4 nitrogen and oxygen atoms in total. The molecule has 8 heteroatoms. The fourth-order valence-electron chi connectivity index (χ4n) is 0.812. The molecule has 86 valence electrons. The van der Waals surface area contributed by atoms with Crippen molar-refractivity contribution in [2.24, 2.45) is 5.11 Å². The van der Waals surface area contributed by atoms with Crippen molar-refractivity contribution in [1.29, 1.82) is 0 Å². The summed E-state index contributed by atoms with van der Waals surface area (Å²) in [6, 6.07) is 1.35. The molecule has 0 atom stereocenters. The standard InChI is InChI=1S/C8H5F4N3O/c9-7(10,14-15-13)8(11,12)16-6-4-2-1-3-5-6/h1-5H. The second kappa shape index (κ2) is 4.28. The smallest absolute Gasteiger partial charge is 0.428 e. The lowest BCUT2D eigenvalue weighted by Crippen LogP contribution is -2.43. The number of benzene rings is 1. The van der Waals surface area contributed by atoms with Crippen LogP contribution in [0.25, 0.3) is 10.4 Å². The highest BCUT2D eigenvalue weighted by Crippen LogP contribution is 2.37. The summed E-state index contributed by atoms with van der Waals surface area (Å²) in [5.41, 5.74) is 7.72. The van der Waals surface area contributed by atoms with Crippen LogP contribution in [0.3, 0.4) is 0 Å². The molecule has 0 amide bonds. The van der Waals surface area contributed by atoms with E-state index >= 15 is 0 Å². The van der Waals surface area contributed by atoms with Gasteiger partial charge in [0.2, 0.25) is 0 Å². The van der Waals surface area contributed by atoms with Crippen molar-refractivity contribution in [3.63, 3.8) is 0 Å². The minimum Gasteiger partial charge on any atom is -0.428 e. The van der Waals surface area contributed by atoms with E-state index in [1.807, 2.05) is 0 Å². The normalized spacial score (nSPS) is 11.8. The summed E-state index contributed by atoms with van der Waals surface area (Å²) in [5, 5.41) is 1.70. The van der Waals surface area contributed by atoms with E-state index in [2.05, 4.69) is 4.74 Å². The summed E-state index contributed by atoms with van der Waals surface area (Å²) in [6.45, 7) is 0. The van der Waals surface area contributed by atoms with Gasteiger partial charge < -0.3 is 4.74 Å². The van der Waals surface area contributed by atoms with Crippen LogP contribution in [-0.2, 0) is 0 Å². The van der Waals surface area contributed by atoms with Gasteiger partial charge in [-0.3, -0.25) is 0 Å². The van der Waals surface area contributed by atoms with Crippen molar-refractivity contribution in [2.75, 3.05) is 0 Å². The van der Waals surface area contributed by atoms with Gasteiger partial charge in [0.05, 0.1) is 0 Å². The third kappa shape index (κ3) is 2.54. The molecule has 0 aromatic heterocycles. The Morgan fingerprint density at radius 3 is 2.19 bits per heavy atom. The van der Waals surface area contributed by atoms with E-state index in [1.54, 1.807) is 10.0 Å². The Labute approximate surface area is 87.1 Å². The van der Waals surface area contributed by atoms with Crippen molar-refractivity contribution in [1.82, 2.24) is 0 Å². The molecule has 0 aliphatic heterocycles. The maximum absolute atomic E-state index is 12.8. The van der Waals surface area contributed by atoms with Crippen LogP contribution in [0.1, 0.15) is 0 Å². The molecule has 0 heterocycles. The highest BCUT2D eigenvalue weighted by atomic mass is 19.3. The average Bonchev–Trinajstić information content (AvgIpc) is 2.18. The van der Waals surface area contributed by atoms with E-state index < -0.39 is 17.9 Å². The first-order valence-corrected chi connectivity index (χ1v) is 3.95. The number of hydrogen-bond donors (Lipinski definition) is 0. The molecule has 0 saturated heterocycles. The lowest BCUT2D eigenvalue weighted by atomic mass is 10.3. The molecule has 0 N–H and O–H groups in total. The first kappa shape index (κ1) is 12.1. The van der Waals surface area contributed by atoms with Gasteiger partial charge in [0, 0.05) is 4.91 Å². The summed E-state index contributed by atoms with van der Waals surface area (Å²) in [4.78, 5) is 1.63. The molecular formula is C8H5F4N3O. The maximum atomic E-state index is 12.8. The quantitative estimate of drug-likeness (QED) is 0.259. The zero-order valence-electron chi connectivity index (χ0n) is 7.65. The summed E-state index contributed by atoms with van der Waals surface area (Å²) >= 11 is 0. The van der Waals surface area contributed by atoms with E-state index in [0.717, 1.165) is 12.1 Å². The van der Waals surface area contributed by atoms with Gasteiger partial charge in [0.15, 0.2) is 0 Å². The Morgan fingerprint density at radius 1 is 1.12 bits per heavy atom. The van der Waals surface area contributed by atoms with E-state index in [4.69, 9.17) is 5.53 Å². The zero-order valence-corrected chi connectivity index (χ0v) is 7.65. The molecule has 0 aliphatic carbocycles. The Hall–Kier alpha value is -1.95. The Morgan fingerprint density at radius 2 is 1.69 bits per heavy atom. The van der Waals surface area contributed by atoms with E-state index in [1.165, 1.54) is 18.2 Å². The number of azide groups is 1. The van der Waals surface area contributed by atoms with E-state index in [-0.39, 0.29) is 0 Å². The second-order valence-electron chi connectivity index (χ2n) is 2.66. The molecule has 0 saturated carbocycles. The minimum absolute atomic E-state index is 0.458. The predicted molar refractivity (Wildman–Crippen MR) is 46.1 cm³/mol. The molecule has 0 radical (unpaired) electrons. The molecule has 0 spiro atoms. The van der Waals surface area contributed by atoms with Crippen LogP contribution in [0.5, 0.6) is 5.75 Å². The summed E-state index contributed by atoms with van der Waals surface area (Å²) in [5.74, 6) is -0.458. The lowest BCUT2D eigenvalue weighted by molar-refractivity contribution is -0.306. The molecular weight excluding hydrogens is 230 g/mol. The second-order valence-corrected chi connectivity index (χ2v) is 2.66. The van der Waals surface area contributed by atoms with Crippen molar-refractivity contribution < 1.29 is 22.3 Å². The van der Waals surface area contributed by atoms with E-state index in [9.17, 15) is 17.6 Å². The van der Waals surface area contributed by atoms with Gasteiger partial charge in [-0.15, -0.1) is 0 Å². The fraction of sp³-hybridized carbons (Fsp3) is 0.250. The van der Waals surface area contributed by atoms with Gasteiger partial charge in [-0.1, -0.05) is 18.2 Å². The van der Waals surface area contributed by atoms with Crippen LogP contribution in [0, 0.1) is 0 Å². The molecule has 16 heavy (non-hydrogen) atoms. The predicted octanol–water partition coefficient (Wildman–Crippen LogP) is 3.56. The van der Waals surface area contributed by atoms with Gasteiger partial charge in [-0.25, -0.2) is 0 Å². The lowest BCUT2D eigenvalue weighted by Gasteiger charge is -2.22. The Kier molecular flexibility index (Phi) is 3.24. The third-order valence-electron chi connectivity index (χ3n) is 1.51. The van der Waals surface area contributed by atoms with Crippen molar-refractivity contribution in [3.05, 3.63) is 40.8 Å². The van der Waals surface area contributed by atoms with Crippen LogP contribution in [0.4, 0.5) is 17.6 Å². The van der Waals surface area contributed by atoms with Crippen LogP contribution in [0.15, 0.2) is 35.4 Å². The number of para-hydroxylation sites is 1. The minimum atomic E-state index is -4.95. The molecule has 1 aromatic carbocycles. The molecule has 0 bridgehead atoms. The molecule has 0 fully saturated rings. The van der Waals surface area contributed by atoms with Gasteiger partial charge in [0.1, 0.15) is 5.75 Å². The first-order chi connectivity index (χ1) is 7.39. The highest BCUT2D eigenvalue weighted by Gasteiger charge is 2.59. The summed E-state index contributed by atoms with van der Waals surface area (Å²) in [7, 11) is 0. The number of alkyl halides is 4. The van der Waals surface area contributed by atoms with Crippen LogP contribution >= 0.6 is 0 Å². The number of halogens is 4. The average molecular weight is 235 g/mol. The SMILES string of the molecule is [N-]=[N+]=NC(F)(F)C(F)(F)Oc1ccccc1. The number of rotatable bonds is 4. The largest absolute Gasteiger partial charge is 0.470 e. The number of nitrogens with zero attached hydrogens (tertiary/aromatic N) is 3. The van der Waals surface area contributed by atoms with E-state index in [0.29, 0.717) is 0 Å². The molecule has 1 aromatic rings. The fourth-order valence-corrected chi connectivity index (χ4v) is 0.812. The molecule has 0 unspecified atom stereocenters. The highest BCUT2D eigenvalue weighted by molar-refractivity contribution is 5.21. The van der Waals surface area contributed by atoms with Crippen LogP contribution in [0.2, 0.25) is 0 Å². The topological polar surface area (TPSA) is 58.0 Å². The van der Waals surface area contributed by atoms with Gasteiger partial charge in [-0.05, 0) is 22.8 Å². The van der Waals surface area contributed by atoms with Crippen molar-refractivity contribution >= 4 is 0 Å². The van der Waals surface area contributed by atoms with Gasteiger partial charge >= 0.3 is 12.2 Å². The van der Waals surface area contributed by atoms with Crippen molar-refractivity contribution in [3.8, 4) is 5.75 Å². The monoisotopic (exact) mass is 235 g/mol. The summed E-state index contributed by atoms with van der Waals surface area (Å²) in [6.07, 6.45) is -4.90. The Balaban J connectivity index is 2.91. The first-order valence-electron chi connectivity index (χ1n) is 3.95. The number of hydrogen-bond acceptors (Lipinski definition) is 2. The zero-order chi connectivity index (χ0) is 12.2. The van der Waals surface area contributed by atoms with Crippen LogP contribution < -0.4 is 4.74 Å². The molecule has 0 aliphatic rings. The summed E-state index contributed by atoms with van der Waals surface area (Å²) < 4.78 is 54.6. The maximum Gasteiger partial charge on any atom is 0.470 e. The third-order valence-corrected chi connectivity index (χ3v) is 1.51. The van der Waals surface area contributed by atoms with Crippen molar-refractivity contribution in [2.45, 2.75) is 12.2 Å². The Bertz CT molecular complexity index is 403. The van der Waals surface area contributed by atoms with Crippen LogP contribution in [-0.4, -0.2) is 12.2 Å². The van der Waals surface area contributed by atoms with Gasteiger partial charge in [0.25, 0.3) is 0 Å². The van der Waals surface area contributed by atoms with Gasteiger partial charge in [-0.2, -0.15) is 17.6 Å².